The molecule has 3 heteroatoms. The highest BCUT2D eigenvalue weighted by Gasteiger charge is 2.17. The second kappa shape index (κ2) is 8.81. The Bertz CT molecular complexity index is 745. The van der Waals surface area contributed by atoms with Crippen molar-refractivity contribution in [2.24, 2.45) is 5.73 Å². The molecule has 136 valence electrons. The molecular weight excluding hydrogens is 320 g/mol. The summed E-state index contributed by atoms with van der Waals surface area (Å²) in [7, 11) is 1.88. The minimum Gasteiger partial charge on any atom is -0.345 e. The number of carbonyl (C=O) groups is 1. The molecule has 3 nitrogen and oxygen atoms in total. The van der Waals surface area contributed by atoms with Crippen LogP contribution in [-0.2, 0) is 17.6 Å². The van der Waals surface area contributed by atoms with Gasteiger partial charge < -0.3 is 10.6 Å². The first-order chi connectivity index (χ1) is 12.7. The molecule has 0 spiro atoms. The minimum absolute atomic E-state index is 0.176. The summed E-state index contributed by atoms with van der Waals surface area (Å²) in [5.41, 5.74) is 12.3. The molecule has 1 aliphatic carbocycles. The number of fused-ring (bicyclic) bond motifs is 2. The van der Waals surface area contributed by atoms with Crippen LogP contribution in [0.2, 0.25) is 0 Å². The molecule has 0 fully saturated rings. The van der Waals surface area contributed by atoms with Gasteiger partial charge in [-0.1, -0.05) is 54.6 Å². The van der Waals surface area contributed by atoms with E-state index in [-0.39, 0.29) is 5.91 Å². The average molecular weight is 348 g/mol. The Morgan fingerprint density at radius 3 is 2.19 bits per heavy atom. The third-order valence-electron chi connectivity index (χ3n) is 5.11. The van der Waals surface area contributed by atoms with Gasteiger partial charge in [-0.2, -0.15) is 0 Å². The van der Waals surface area contributed by atoms with Crippen LogP contribution in [0.15, 0.2) is 54.6 Å². The Labute approximate surface area is 156 Å². The number of rotatable bonds is 6. The van der Waals surface area contributed by atoms with Crippen LogP contribution >= 0.6 is 0 Å². The maximum atomic E-state index is 12.1. The van der Waals surface area contributed by atoms with Crippen molar-refractivity contribution in [3.05, 3.63) is 76.9 Å². The number of nitrogens with zero attached hydrogens (tertiary/aromatic N) is 1. The summed E-state index contributed by atoms with van der Waals surface area (Å²) in [6.07, 6.45) is 6.59. The Balaban J connectivity index is 1.82. The van der Waals surface area contributed by atoms with E-state index in [1.165, 1.54) is 27.8 Å². The number of carbonyl (C=O) groups excluding carboxylic acids is 1. The van der Waals surface area contributed by atoms with Crippen LogP contribution in [0.25, 0.3) is 5.57 Å². The summed E-state index contributed by atoms with van der Waals surface area (Å²) < 4.78 is 0. The van der Waals surface area contributed by atoms with E-state index in [1.54, 1.807) is 0 Å². The van der Waals surface area contributed by atoms with E-state index < -0.39 is 0 Å². The first-order valence-corrected chi connectivity index (χ1v) is 9.51. The lowest BCUT2D eigenvalue weighted by Crippen LogP contribution is -2.27. The van der Waals surface area contributed by atoms with Crippen LogP contribution in [0.4, 0.5) is 0 Å². The summed E-state index contributed by atoms with van der Waals surface area (Å²) >= 11 is 0. The quantitative estimate of drug-likeness (QED) is 0.863. The fourth-order valence-corrected chi connectivity index (χ4v) is 3.61. The SMILES string of the molecule is CN(CCC=C1c2ccccc2CCc2ccccc21)C(=O)CCCN. The lowest BCUT2D eigenvalue weighted by Gasteiger charge is -2.17. The topological polar surface area (TPSA) is 46.3 Å². The van der Waals surface area contributed by atoms with E-state index in [1.807, 2.05) is 11.9 Å². The normalized spacial score (nSPS) is 12.8. The van der Waals surface area contributed by atoms with E-state index in [0.717, 1.165) is 32.2 Å². The molecule has 0 atom stereocenters. The maximum Gasteiger partial charge on any atom is 0.222 e. The van der Waals surface area contributed by atoms with Gasteiger partial charge in [-0.25, -0.2) is 0 Å². The second-order valence-electron chi connectivity index (χ2n) is 6.93. The van der Waals surface area contributed by atoms with E-state index in [0.29, 0.717) is 13.0 Å². The number of benzene rings is 2. The average Bonchev–Trinajstić information content (AvgIpc) is 2.83. The van der Waals surface area contributed by atoms with Crippen molar-refractivity contribution >= 4 is 11.5 Å². The van der Waals surface area contributed by atoms with Crippen molar-refractivity contribution in [2.75, 3.05) is 20.1 Å². The van der Waals surface area contributed by atoms with Crippen molar-refractivity contribution in [3.8, 4) is 0 Å². The molecule has 0 aromatic heterocycles. The molecule has 2 aromatic carbocycles. The molecule has 26 heavy (non-hydrogen) atoms. The molecule has 3 rings (SSSR count). The van der Waals surface area contributed by atoms with Crippen LogP contribution in [0.1, 0.15) is 41.5 Å². The van der Waals surface area contributed by atoms with Gasteiger partial charge in [0.1, 0.15) is 0 Å². The van der Waals surface area contributed by atoms with Crippen LogP contribution < -0.4 is 5.73 Å². The van der Waals surface area contributed by atoms with E-state index in [2.05, 4.69) is 54.6 Å². The summed E-state index contributed by atoms with van der Waals surface area (Å²) in [5, 5.41) is 0. The first-order valence-electron chi connectivity index (χ1n) is 9.51. The number of aryl methyl sites for hydroxylation is 2. The maximum absolute atomic E-state index is 12.1. The highest BCUT2D eigenvalue weighted by atomic mass is 16.2. The Hall–Kier alpha value is -2.39. The molecule has 0 unspecified atom stereocenters. The van der Waals surface area contributed by atoms with Gasteiger partial charge >= 0.3 is 0 Å². The predicted molar refractivity (Wildman–Crippen MR) is 108 cm³/mol. The summed E-state index contributed by atoms with van der Waals surface area (Å²) in [4.78, 5) is 13.9. The van der Waals surface area contributed by atoms with E-state index >= 15 is 0 Å². The predicted octanol–water partition coefficient (Wildman–Crippen LogP) is 3.80. The van der Waals surface area contributed by atoms with Gasteiger partial charge in [-0.3, -0.25) is 4.79 Å². The van der Waals surface area contributed by atoms with E-state index in [9.17, 15) is 4.79 Å². The first kappa shape index (κ1) is 18.4. The number of hydrogen-bond donors (Lipinski definition) is 1. The molecule has 2 aromatic rings. The molecule has 1 aliphatic rings. The van der Waals surface area contributed by atoms with Crippen LogP contribution in [-0.4, -0.2) is 30.9 Å². The second-order valence-corrected chi connectivity index (χ2v) is 6.93. The van der Waals surface area contributed by atoms with Crippen LogP contribution in [0.5, 0.6) is 0 Å². The van der Waals surface area contributed by atoms with Crippen molar-refractivity contribution in [1.29, 1.82) is 0 Å². The monoisotopic (exact) mass is 348 g/mol. The summed E-state index contributed by atoms with van der Waals surface area (Å²) in [6, 6.07) is 17.4. The molecular formula is C23H28N2O. The van der Waals surface area contributed by atoms with Gasteiger partial charge in [0, 0.05) is 20.0 Å². The Kier molecular flexibility index (Phi) is 6.24. The van der Waals surface area contributed by atoms with Gasteiger partial charge in [-0.05, 0) is 60.1 Å². The molecule has 0 heterocycles. The fraction of sp³-hybridized carbons (Fsp3) is 0.348. The largest absolute Gasteiger partial charge is 0.345 e. The molecule has 0 bridgehead atoms. The number of hydrogen-bond acceptors (Lipinski definition) is 2. The molecule has 0 saturated heterocycles. The smallest absolute Gasteiger partial charge is 0.222 e. The highest BCUT2D eigenvalue weighted by molar-refractivity contribution is 5.84. The van der Waals surface area contributed by atoms with Gasteiger partial charge in [0.2, 0.25) is 5.91 Å². The Morgan fingerprint density at radius 1 is 1.04 bits per heavy atom. The lowest BCUT2D eigenvalue weighted by molar-refractivity contribution is -0.129. The van der Waals surface area contributed by atoms with Gasteiger partial charge in [0.25, 0.3) is 0 Å². The number of amides is 1. The van der Waals surface area contributed by atoms with Gasteiger partial charge in [0.05, 0.1) is 0 Å². The molecule has 2 N–H and O–H groups in total. The zero-order chi connectivity index (χ0) is 18.4. The van der Waals surface area contributed by atoms with Gasteiger partial charge in [0.15, 0.2) is 0 Å². The number of nitrogens with two attached hydrogens (primary N) is 1. The molecule has 0 radical (unpaired) electrons. The third-order valence-corrected chi connectivity index (χ3v) is 5.11. The van der Waals surface area contributed by atoms with Crippen LogP contribution in [0, 0.1) is 0 Å². The van der Waals surface area contributed by atoms with Crippen molar-refractivity contribution < 1.29 is 4.79 Å². The molecule has 0 aliphatic heterocycles. The highest BCUT2D eigenvalue weighted by Crippen LogP contribution is 2.33. The molecule has 0 saturated carbocycles. The van der Waals surface area contributed by atoms with Crippen molar-refractivity contribution in [1.82, 2.24) is 4.90 Å². The van der Waals surface area contributed by atoms with Gasteiger partial charge in [-0.15, -0.1) is 0 Å². The Morgan fingerprint density at radius 2 is 1.62 bits per heavy atom. The standard InChI is InChI=1S/C23H28N2O/c1-25(23(26)13-6-16-24)17-7-12-22-20-10-4-2-8-18(20)14-15-19-9-3-5-11-21(19)22/h2-5,8-12H,6-7,13-17,24H2,1H3. The fourth-order valence-electron chi connectivity index (χ4n) is 3.61. The summed E-state index contributed by atoms with van der Waals surface area (Å²) in [5.74, 6) is 0.176. The van der Waals surface area contributed by atoms with Crippen molar-refractivity contribution in [3.63, 3.8) is 0 Å². The lowest BCUT2D eigenvalue weighted by atomic mass is 9.93. The zero-order valence-corrected chi connectivity index (χ0v) is 15.6. The van der Waals surface area contributed by atoms with Crippen molar-refractivity contribution in [2.45, 2.75) is 32.1 Å². The minimum atomic E-state index is 0.176. The van der Waals surface area contributed by atoms with E-state index in [4.69, 9.17) is 5.73 Å². The molecule has 1 amide bonds. The van der Waals surface area contributed by atoms with Crippen LogP contribution in [0.3, 0.4) is 0 Å². The third kappa shape index (κ3) is 4.23. The summed E-state index contributed by atoms with van der Waals surface area (Å²) in [6.45, 7) is 1.30. The zero-order valence-electron chi connectivity index (χ0n) is 15.6.